The number of phenolic OH excluding ortho intramolecular Hbond substituents is 1. The summed E-state index contributed by atoms with van der Waals surface area (Å²) in [5, 5.41) is 16.1. The van der Waals surface area contributed by atoms with Crippen LogP contribution in [-0.4, -0.2) is 13.2 Å². The summed E-state index contributed by atoms with van der Waals surface area (Å²) in [7, 11) is -2.03. The molecule has 1 N–H and O–H groups in total. The smallest absolute Gasteiger partial charge is 0.126 e. The minimum atomic E-state index is -2.03. The van der Waals surface area contributed by atoms with Gasteiger partial charge in [0.25, 0.3) is 0 Å². The highest BCUT2D eigenvalue weighted by molar-refractivity contribution is 7.02. The van der Waals surface area contributed by atoms with E-state index in [1.165, 1.54) is 10.6 Å². The maximum absolute atomic E-state index is 11.3. The van der Waals surface area contributed by atoms with E-state index in [2.05, 4.69) is 58.0 Å². The Labute approximate surface area is 145 Å². The molecule has 3 heteroatoms. The molecule has 0 amide bonds. The van der Waals surface area contributed by atoms with Crippen molar-refractivity contribution >= 4 is 29.2 Å². The Balaban J connectivity index is 2.38. The van der Waals surface area contributed by atoms with Crippen LogP contribution >= 0.6 is 0 Å². The molecule has 0 aliphatic heterocycles. The Bertz CT molecular complexity index is 830. The molecule has 0 atom stereocenters. The lowest BCUT2D eigenvalue weighted by atomic mass is 9.95. The Hall–Kier alpha value is -2.00. The van der Waals surface area contributed by atoms with Gasteiger partial charge in [-0.1, -0.05) is 70.1 Å². The van der Waals surface area contributed by atoms with Crippen LogP contribution in [0.3, 0.4) is 0 Å². The van der Waals surface area contributed by atoms with E-state index in [0.717, 1.165) is 28.2 Å². The first-order valence-electron chi connectivity index (χ1n) is 8.83. The molecular weight excluding hydrogens is 312 g/mol. The van der Waals surface area contributed by atoms with Gasteiger partial charge in [-0.2, -0.15) is 0 Å². The van der Waals surface area contributed by atoms with Crippen molar-refractivity contribution in [1.29, 1.82) is 0 Å². The summed E-state index contributed by atoms with van der Waals surface area (Å²) in [6.45, 7) is 8.80. The molecule has 3 rings (SSSR count). The van der Waals surface area contributed by atoms with E-state index in [9.17, 15) is 5.11 Å². The second-order valence-electron chi connectivity index (χ2n) is 6.86. The van der Waals surface area contributed by atoms with Gasteiger partial charge in [-0.25, -0.2) is 0 Å². The van der Waals surface area contributed by atoms with Gasteiger partial charge in [0.1, 0.15) is 13.8 Å². The average Bonchev–Trinajstić information content (AvgIpc) is 3.11. The van der Waals surface area contributed by atoms with Crippen molar-refractivity contribution in [2.75, 3.05) is 0 Å². The molecule has 24 heavy (non-hydrogen) atoms. The molecule has 0 bridgehead atoms. The number of hydrogen-bond donors (Lipinski definition) is 1. The number of hydrogen-bond acceptors (Lipinski definition) is 2. The fourth-order valence-electron chi connectivity index (χ4n) is 4.05. The molecule has 0 fully saturated rings. The summed E-state index contributed by atoms with van der Waals surface area (Å²) in [5.41, 5.74) is 1.07. The molecule has 2 aromatic carbocycles. The highest BCUT2D eigenvalue weighted by Crippen LogP contribution is 2.34. The highest BCUT2D eigenvalue weighted by atomic mass is 28.3. The summed E-state index contributed by atoms with van der Waals surface area (Å²) in [4.78, 5) is 0. The van der Waals surface area contributed by atoms with Crippen LogP contribution in [0.4, 0.5) is 0 Å². The summed E-state index contributed by atoms with van der Waals surface area (Å²) in [6, 6.07) is 14.8. The summed E-state index contributed by atoms with van der Waals surface area (Å²) >= 11 is 0. The van der Waals surface area contributed by atoms with Gasteiger partial charge < -0.3 is 9.52 Å². The van der Waals surface area contributed by atoms with E-state index in [0.29, 0.717) is 5.75 Å². The summed E-state index contributed by atoms with van der Waals surface area (Å²) in [6.07, 6.45) is 3.63. The van der Waals surface area contributed by atoms with Gasteiger partial charge in [0.05, 0.1) is 12.5 Å². The Morgan fingerprint density at radius 1 is 1.08 bits per heavy atom. The van der Waals surface area contributed by atoms with Gasteiger partial charge in [-0.15, -0.1) is 0 Å². The van der Waals surface area contributed by atoms with Gasteiger partial charge >= 0.3 is 0 Å². The second-order valence-corrected chi connectivity index (χ2v) is 11.6. The van der Waals surface area contributed by atoms with Crippen LogP contribution in [0.2, 0.25) is 12.1 Å². The number of phenols is 1. The molecule has 1 aromatic heterocycles. The van der Waals surface area contributed by atoms with E-state index < -0.39 is 8.07 Å². The van der Waals surface area contributed by atoms with Gasteiger partial charge in [0, 0.05) is 5.56 Å². The summed E-state index contributed by atoms with van der Waals surface area (Å²) < 4.78 is 5.40. The maximum Gasteiger partial charge on any atom is 0.126 e. The van der Waals surface area contributed by atoms with Gasteiger partial charge in [-0.05, 0) is 33.1 Å². The second kappa shape index (κ2) is 6.48. The molecule has 0 aliphatic carbocycles. The molecule has 0 unspecified atom stereocenters. The summed E-state index contributed by atoms with van der Waals surface area (Å²) in [5.74, 6) is 0.778. The SMILES string of the molecule is CC[Si](CC)(c1ccoc1)c1cc2ccccc2c(C(C)C)c1O. The third kappa shape index (κ3) is 2.48. The van der Waals surface area contributed by atoms with Gasteiger partial charge in [0.2, 0.25) is 0 Å². The number of furan rings is 1. The molecule has 0 saturated carbocycles. The van der Waals surface area contributed by atoms with Crippen molar-refractivity contribution < 1.29 is 9.52 Å². The van der Waals surface area contributed by atoms with Crippen LogP contribution in [0, 0.1) is 0 Å². The van der Waals surface area contributed by atoms with Crippen LogP contribution in [0.1, 0.15) is 39.2 Å². The molecular formula is C21H26O2Si. The maximum atomic E-state index is 11.3. The zero-order chi connectivity index (χ0) is 17.3. The predicted octanol–water partition coefficient (Wildman–Crippen LogP) is 4.86. The molecule has 2 nitrogen and oxygen atoms in total. The fraction of sp³-hybridized carbons (Fsp3) is 0.333. The van der Waals surface area contributed by atoms with E-state index in [1.807, 2.05) is 12.3 Å². The molecule has 0 saturated heterocycles. The first kappa shape index (κ1) is 16.8. The van der Waals surface area contributed by atoms with Crippen molar-refractivity contribution in [2.24, 2.45) is 0 Å². The van der Waals surface area contributed by atoms with E-state index in [-0.39, 0.29) is 5.92 Å². The van der Waals surface area contributed by atoms with Crippen molar-refractivity contribution in [1.82, 2.24) is 0 Å². The fourth-order valence-corrected chi connectivity index (χ4v) is 8.14. The van der Waals surface area contributed by atoms with Gasteiger partial charge in [0.15, 0.2) is 0 Å². The number of rotatable bonds is 5. The van der Waals surface area contributed by atoms with Crippen molar-refractivity contribution in [3.8, 4) is 5.75 Å². The number of benzene rings is 2. The molecule has 0 spiro atoms. The van der Waals surface area contributed by atoms with Crippen LogP contribution in [0.15, 0.2) is 53.3 Å². The molecule has 3 aromatic rings. The zero-order valence-corrected chi connectivity index (χ0v) is 16.0. The first-order chi connectivity index (χ1) is 11.5. The lowest BCUT2D eigenvalue weighted by Gasteiger charge is -2.31. The van der Waals surface area contributed by atoms with Crippen molar-refractivity contribution in [3.63, 3.8) is 0 Å². The van der Waals surface area contributed by atoms with Crippen LogP contribution in [-0.2, 0) is 0 Å². The third-order valence-corrected chi connectivity index (χ3v) is 10.7. The monoisotopic (exact) mass is 338 g/mol. The minimum Gasteiger partial charge on any atom is -0.508 e. The van der Waals surface area contributed by atoms with Crippen LogP contribution in [0.5, 0.6) is 5.75 Å². The standard InChI is InChI=1S/C21H26O2Si/c1-5-24(6-2,17-11-12-23-14-17)19-13-16-9-7-8-10-18(16)20(15(3)4)21(19)22/h7-15,22H,5-6H2,1-4H3. The van der Waals surface area contributed by atoms with Gasteiger partial charge in [-0.3, -0.25) is 0 Å². The van der Waals surface area contributed by atoms with E-state index in [1.54, 1.807) is 6.26 Å². The number of aromatic hydroxyl groups is 1. The average molecular weight is 339 g/mol. The minimum absolute atomic E-state index is 0.277. The largest absolute Gasteiger partial charge is 0.508 e. The van der Waals surface area contributed by atoms with E-state index in [4.69, 9.17) is 4.42 Å². The quantitative estimate of drug-likeness (QED) is 0.674. The predicted molar refractivity (Wildman–Crippen MR) is 104 cm³/mol. The molecule has 1 heterocycles. The normalized spacial score (nSPS) is 12.2. The lowest BCUT2D eigenvalue weighted by Crippen LogP contribution is -2.57. The van der Waals surface area contributed by atoms with Crippen LogP contribution < -0.4 is 10.4 Å². The highest BCUT2D eigenvalue weighted by Gasteiger charge is 2.38. The van der Waals surface area contributed by atoms with Crippen molar-refractivity contribution in [3.05, 3.63) is 54.5 Å². The zero-order valence-electron chi connectivity index (χ0n) is 15.0. The molecule has 126 valence electrons. The van der Waals surface area contributed by atoms with Crippen molar-refractivity contribution in [2.45, 2.75) is 45.7 Å². The Morgan fingerprint density at radius 3 is 2.38 bits per heavy atom. The Morgan fingerprint density at radius 2 is 1.79 bits per heavy atom. The lowest BCUT2D eigenvalue weighted by molar-refractivity contribution is 0.470. The first-order valence-corrected chi connectivity index (χ1v) is 11.2. The third-order valence-electron chi connectivity index (χ3n) is 5.43. The van der Waals surface area contributed by atoms with E-state index >= 15 is 0 Å². The number of fused-ring (bicyclic) bond motifs is 1. The molecule has 0 radical (unpaired) electrons. The van der Waals surface area contributed by atoms with Crippen LogP contribution in [0.25, 0.3) is 10.8 Å². The topological polar surface area (TPSA) is 33.4 Å². The molecule has 0 aliphatic rings. The Kier molecular flexibility index (Phi) is 4.55.